The molecule has 266 valence electrons. The number of rotatable bonds is 5. The van der Waals surface area contributed by atoms with Crippen LogP contribution in [0.4, 0.5) is 0 Å². The fraction of sp³-hybridized carbons (Fsp3) is 0. The first-order valence-electron chi connectivity index (χ1n) is 19.3. The number of benzene rings is 8. The maximum atomic E-state index is 5.59. The Hall–Kier alpha value is -7.34. The summed E-state index contributed by atoms with van der Waals surface area (Å²) >= 11 is 1.84. The highest BCUT2D eigenvalue weighted by molar-refractivity contribution is 7.26. The SMILES string of the molecule is c1ccc(-c2cc(-c3ccccc3)nc(-c3c(-n4c5ccccc5c5ccccc54)cc4c(sc5ccccc54)c3-n3c4ccccc4c4ccccc43)n2)cc1. The van der Waals surface area contributed by atoms with Crippen molar-refractivity contribution in [3.05, 3.63) is 194 Å². The fourth-order valence-corrected chi connectivity index (χ4v) is 10.1. The molecule has 0 spiro atoms. The molecule has 4 nitrogen and oxygen atoms in total. The summed E-state index contributed by atoms with van der Waals surface area (Å²) in [6.07, 6.45) is 0. The molecule has 12 aromatic rings. The van der Waals surface area contributed by atoms with Crippen LogP contribution in [0.1, 0.15) is 0 Å². The molecule has 0 atom stereocenters. The van der Waals surface area contributed by atoms with E-state index in [1.54, 1.807) is 0 Å². The Morgan fingerprint density at radius 3 is 1.30 bits per heavy atom. The van der Waals surface area contributed by atoms with Crippen molar-refractivity contribution in [3.63, 3.8) is 0 Å². The molecule has 5 heteroatoms. The maximum absolute atomic E-state index is 5.59. The van der Waals surface area contributed by atoms with Crippen molar-refractivity contribution >= 4 is 75.1 Å². The molecule has 0 aliphatic heterocycles. The summed E-state index contributed by atoms with van der Waals surface area (Å²) < 4.78 is 7.36. The van der Waals surface area contributed by atoms with Gasteiger partial charge in [-0.05, 0) is 42.5 Å². The van der Waals surface area contributed by atoms with E-state index in [9.17, 15) is 0 Å². The van der Waals surface area contributed by atoms with Gasteiger partial charge in [0.05, 0.1) is 55.1 Å². The summed E-state index contributed by atoms with van der Waals surface area (Å²) in [4.78, 5) is 11.2. The lowest BCUT2D eigenvalue weighted by Crippen LogP contribution is -2.07. The summed E-state index contributed by atoms with van der Waals surface area (Å²) in [5.41, 5.74) is 11.5. The van der Waals surface area contributed by atoms with Gasteiger partial charge in [0.15, 0.2) is 5.82 Å². The molecule has 0 amide bonds. The minimum absolute atomic E-state index is 0.670. The van der Waals surface area contributed by atoms with E-state index >= 15 is 0 Å². The van der Waals surface area contributed by atoms with Crippen molar-refractivity contribution in [1.29, 1.82) is 0 Å². The van der Waals surface area contributed by atoms with Crippen LogP contribution in [0.3, 0.4) is 0 Å². The number of hydrogen-bond donors (Lipinski definition) is 0. The van der Waals surface area contributed by atoms with E-state index < -0.39 is 0 Å². The number of thiophene rings is 1. The first kappa shape index (κ1) is 32.0. The van der Waals surface area contributed by atoms with Crippen LogP contribution in [-0.2, 0) is 0 Å². The van der Waals surface area contributed by atoms with Crippen LogP contribution in [0, 0.1) is 0 Å². The third-order valence-electron chi connectivity index (χ3n) is 11.3. The normalized spacial score (nSPS) is 11.9. The monoisotopic (exact) mass is 744 g/mol. The zero-order chi connectivity index (χ0) is 37.5. The Kier molecular flexibility index (Phi) is 7.06. The van der Waals surface area contributed by atoms with E-state index in [1.165, 1.54) is 41.7 Å². The lowest BCUT2D eigenvalue weighted by atomic mass is 10.0. The molecule has 4 heterocycles. The quantitative estimate of drug-likeness (QED) is 0.176. The van der Waals surface area contributed by atoms with Gasteiger partial charge >= 0.3 is 0 Å². The minimum Gasteiger partial charge on any atom is -0.308 e. The second-order valence-electron chi connectivity index (χ2n) is 14.5. The lowest BCUT2D eigenvalue weighted by molar-refractivity contribution is 1.11. The smallest absolute Gasteiger partial charge is 0.164 e. The van der Waals surface area contributed by atoms with Gasteiger partial charge in [-0.25, -0.2) is 9.97 Å². The number of hydrogen-bond acceptors (Lipinski definition) is 3. The molecular formula is C52H32N4S. The average molecular weight is 745 g/mol. The zero-order valence-corrected chi connectivity index (χ0v) is 31.5. The Morgan fingerprint density at radius 2 is 0.789 bits per heavy atom. The summed E-state index contributed by atoms with van der Waals surface area (Å²) in [6, 6.07) is 69.4. The second-order valence-corrected chi connectivity index (χ2v) is 15.6. The van der Waals surface area contributed by atoms with Gasteiger partial charge in [-0.2, -0.15) is 0 Å². The molecule has 8 aromatic carbocycles. The van der Waals surface area contributed by atoms with Gasteiger partial charge in [0.2, 0.25) is 0 Å². The Balaban J connectivity index is 1.35. The highest BCUT2D eigenvalue weighted by Crippen LogP contribution is 2.49. The standard InChI is InChI=1S/C52H32N4S/c1-3-17-33(18-4-1)41-32-42(34-19-5-2-6-20-34)54-52(53-41)49-47(55-43-26-12-7-21-35(43)36-22-8-13-27-44(36)55)31-40-39-25-11-16-30-48(39)57-51(40)50(49)56-45-28-14-9-23-37(45)38-24-10-15-29-46(38)56/h1-32H. The third-order valence-corrected chi connectivity index (χ3v) is 12.5. The highest BCUT2D eigenvalue weighted by Gasteiger charge is 2.28. The fourth-order valence-electron chi connectivity index (χ4n) is 8.86. The van der Waals surface area contributed by atoms with E-state index in [2.05, 4.69) is 203 Å². The van der Waals surface area contributed by atoms with Gasteiger partial charge in [-0.1, -0.05) is 152 Å². The first-order chi connectivity index (χ1) is 28.3. The van der Waals surface area contributed by atoms with Crippen LogP contribution in [0.5, 0.6) is 0 Å². The molecule has 0 saturated carbocycles. The summed E-state index contributed by atoms with van der Waals surface area (Å²) in [6.45, 7) is 0. The van der Waals surface area contributed by atoms with E-state index in [4.69, 9.17) is 9.97 Å². The van der Waals surface area contributed by atoms with E-state index in [-0.39, 0.29) is 0 Å². The van der Waals surface area contributed by atoms with Crippen LogP contribution >= 0.6 is 11.3 Å². The van der Waals surface area contributed by atoms with Gasteiger partial charge in [0.25, 0.3) is 0 Å². The molecule has 0 aliphatic carbocycles. The number of nitrogens with zero attached hydrogens (tertiary/aromatic N) is 4. The molecule has 57 heavy (non-hydrogen) atoms. The average Bonchev–Trinajstić information content (AvgIpc) is 3.94. The van der Waals surface area contributed by atoms with Crippen molar-refractivity contribution < 1.29 is 0 Å². The van der Waals surface area contributed by atoms with Gasteiger partial charge < -0.3 is 9.13 Å². The molecule has 12 rings (SSSR count). The van der Waals surface area contributed by atoms with Gasteiger partial charge in [0.1, 0.15) is 0 Å². The van der Waals surface area contributed by atoms with Crippen molar-refractivity contribution in [2.45, 2.75) is 0 Å². The van der Waals surface area contributed by atoms with Crippen molar-refractivity contribution in [2.24, 2.45) is 0 Å². The molecule has 0 fully saturated rings. The summed E-state index contributed by atoms with van der Waals surface area (Å²) in [7, 11) is 0. The Morgan fingerprint density at radius 1 is 0.368 bits per heavy atom. The minimum atomic E-state index is 0.670. The van der Waals surface area contributed by atoms with Crippen molar-refractivity contribution in [2.75, 3.05) is 0 Å². The van der Waals surface area contributed by atoms with E-state index in [0.29, 0.717) is 5.82 Å². The van der Waals surface area contributed by atoms with Gasteiger partial charge in [-0.3, -0.25) is 0 Å². The summed E-state index contributed by atoms with van der Waals surface area (Å²) in [5.74, 6) is 0.670. The predicted molar refractivity (Wildman–Crippen MR) is 240 cm³/mol. The Labute approximate surface area is 332 Å². The number of para-hydroxylation sites is 4. The molecule has 0 N–H and O–H groups in total. The molecule has 0 saturated heterocycles. The van der Waals surface area contributed by atoms with Crippen LogP contribution in [0.25, 0.3) is 109 Å². The van der Waals surface area contributed by atoms with Crippen LogP contribution in [0.2, 0.25) is 0 Å². The lowest BCUT2D eigenvalue weighted by Gasteiger charge is -2.21. The van der Waals surface area contributed by atoms with E-state index in [0.717, 1.165) is 61.5 Å². The molecule has 0 bridgehead atoms. The molecule has 0 radical (unpaired) electrons. The van der Waals surface area contributed by atoms with E-state index in [1.807, 2.05) is 11.3 Å². The maximum Gasteiger partial charge on any atom is 0.164 e. The molecule has 0 aliphatic rings. The third kappa shape index (κ3) is 4.86. The van der Waals surface area contributed by atoms with Crippen LogP contribution < -0.4 is 0 Å². The number of fused-ring (bicyclic) bond motifs is 9. The second kappa shape index (κ2) is 12.6. The Bertz CT molecular complexity index is 3360. The predicted octanol–water partition coefficient (Wildman–Crippen LogP) is 14.0. The topological polar surface area (TPSA) is 35.6 Å². The zero-order valence-electron chi connectivity index (χ0n) is 30.7. The first-order valence-corrected chi connectivity index (χ1v) is 20.1. The van der Waals surface area contributed by atoms with Crippen molar-refractivity contribution in [3.8, 4) is 45.3 Å². The molecular weight excluding hydrogens is 713 g/mol. The van der Waals surface area contributed by atoms with Crippen molar-refractivity contribution in [1.82, 2.24) is 19.1 Å². The van der Waals surface area contributed by atoms with Crippen LogP contribution in [0.15, 0.2) is 194 Å². The van der Waals surface area contributed by atoms with Gasteiger partial charge in [-0.15, -0.1) is 11.3 Å². The highest BCUT2D eigenvalue weighted by atomic mass is 32.1. The molecule has 0 unspecified atom stereocenters. The van der Waals surface area contributed by atoms with Crippen LogP contribution in [-0.4, -0.2) is 19.1 Å². The molecule has 4 aromatic heterocycles. The summed E-state index contributed by atoms with van der Waals surface area (Å²) in [5, 5.41) is 7.26. The van der Waals surface area contributed by atoms with Gasteiger partial charge in [0, 0.05) is 48.1 Å². The largest absolute Gasteiger partial charge is 0.308 e. The number of aromatic nitrogens is 4.